The van der Waals surface area contributed by atoms with Crippen LogP contribution in [0.2, 0.25) is 0 Å². The van der Waals surface area contributed by atoms with Crippen molar-refractivity contribution >= 4 is 5.97 Å². The van der Waals surface area contributed by atoms with Crippen LogP contribution in [0.1, 0.15) is 25.8 Å². The zero-order chi connectivity index (χ0) is 14.5. The predicted molar refractivity (Wildman–Crippen MR) is 79.6 cm³/mol. The summed E-state index contributed by atoms with van der Waals surface area (Å²) in [6.45, 7) is 7.26. The molecule has 0 aromatic heterocycles. The molecule has 1 aliphatic rings. The van der Waals surface area contributed by atoms with E-state index >= 15 is 0 Å². The SMILES string of the molecule is CC(C)N(Cc1ccccc1)C1CCN(CC(=O)O)C1. The molecule has 0 spiro atoms. The lowest BCUT2D eigenvalue weighted by Crippen LogP contribution is -2.42. The van der Waals surface area contributed by atoms with Gasteiger partial charge in [-0.15, -0.1) is 0 Å². The lowest BCUT2D eigenvalue weighted by atomic mass is 10.1. The number of benzene rings is 1. The Kier molecular flexibility index (Phi) is 5.15. The number of hydrogen-bond acceptors (Lipinski definition) is 3. The molecule has 0 saturated carbocycles. The Balaban J connectivity index is 1.98. The summed E-state index contributed by atoms with van der Waals surface area (Å²) in [6.07, 6.45) is 1.05. The monoisotopic (exact) mass is 276 g/mol. The van der Waals surface area contributed by atoms with Crippen molar-refractivity contribution < 1.29 is 9.90 Å². The molecule has 0 amide bonds. The van der Waals surface area contributed by atoms with Gasteiger partial charge in [-0.1, -0.05) is 30.3 Å². The summed E-state index contributed by atoms with van der Waals surface area (Å²) in [5.74, 6) is -0.732. The molecule has 1 heterocycles. The molecular weight excluding hydrogens is 252 g/mol. The van der Waals surface area contributed by atoms with E-state index in [9.17, 15) is 4.79 Å². The second-order valence-electron chi connectivity index (χ2n) is 5.82. The maximum Gasteiger partial charge on any atom is 0.317 e. The zero-order valence-corrected chi connectivity index (χ0v) is 12.3. The molecule has 1 aliphatic heterocycles. The molecule has 1 saturated heterocycles. The van der Waals surface area contributed by atoms with Crippen LogP contribution in [0.5, 0.6) is 0 Å². The van der Waals surface area contributed by atoms with E-state index in [1.807, 2.05) is 11.0 Å². The van der Waals surface area contributed by atoms with Gasteiger partial charge in [0.15, 0.2) is 0 Å². The average molecular weight is 276 g/mol. The lowest BCUT2D eigenvalue weighted by Gasteiger charge is -2.32. The van der Waals surface area contributed by atoms with Crippen molar-refractivity contribution in [3.63, 3.8) is 0 Å². The summed E-state index contributed by atoms with van der Waals surface area (Å²) in [6, 6.07) is 11.4. The third-order valence-electron chi connectivity index (χ3n) is 3.95. The van der Waals surface area contributed by atoms with E-state index < -0.39 is 5.97 Å². The predicted octanol–water partition coefficient (Wildman–Crippen LogP) is 2.06. The first-order valence-corrected chi connectivity index (χ1v) is 7.30. The number of rotatable bonds is 6. The topological polar surface area (TPSA) is 43.8 Å². The van der Waals surface area contributed by atoms with Crippen molar-refractivity contribution in [3.8, 4) is 0 Å². The van der Waals surface area contributed by atoms with Crippen LogP contribution >= 0.6 is 0 Å². The Morgan fingerprint density at radius 3 is 2.70 bits per heavy atom. The van der Waals surface area contributed by atoms with Crippen LogP contribution < -0.4 is 0 Å². The first kappa shape index (κ1) is 15.0. The quantitative estimate of drug-likeness (QED) is 0.863. The molecule has 4 heteroatoms. The Hall–Kier alpha value is -1.39. The van der Waals surface area contributed by atoms with Crippen molar-refractivity contribution in [2.24, 2.45) is 0 Å². The van der Waals surface area contributed by atoms with Gasteiger partial charge in [-0.25, -0.2) is 0 Å². The van der Waals surface area contributed by atoms with E-state index in [2.05, 4.69) is 43.0 Å². The third kappa shape index (κ3) is 4.05. The van der Waals surface area contributed by atoms with E-state index in [1.165, 1.54) is 5.56 Å². The Morgan fingerprint density at radius 1 is 1.40 bits per heavy atom. The normalized spacial score (nSPS) is 19.9. The van der Waals surface area contributed by atoms with Crippen molar-refractivity contribution in [1.29, 1.82) is 0 Å². The number of nitrogens with zero attached hydrogens (tertiary/aromatic N) is 2. The summed E-state index contributed by atoms with van der Waals surface area (Å²) in [5, 5.41) is 8.89. The highest BCUT2D eigenvalue weighted by Gasteiger charge is 2.29. The van der Waals surface area contributed by atoms with Gasteiger partial charge < -0.3 is 5.11 Å². The highest BCUT2D eigenvalue weighted by Crippen LogP contribution is 2.20. The van der Waals surface area contributed by atoms with Gasteiger partial charge in [0, 0.05) is 31.7 Å². The minimum atomic E-state index is -0.732. The summed E-state index contributed by atoms with van der Waals surface area (Å²) in [4.78, 5) is 15.3. The first-order chi connectivity index (χ1) is 9.56. The minimum absolute atomic E-state index is 0.160. The fraction of sp³-hybridized carbons (Fsp3) is 0.562. The number of hydrogen-bond donors (Lipinski definition) is 1. The molecule has 0 bridgehead atoms. The largest absolute Gasteiger partial charge is 0.480 e. The molecule has 1 aromatic carbocycles. The van der Waals surface area contributed by atoms with E-state index in [0.717, 1.165) is 26.1 Å². The Labute approximate surface area is 121 Å². The van der Waals surface area contributed by atoms with E-state index in [1.54, 1.807) is 0 Å². The number of aliphatic carboxylic acids is 1. The highest BCUT2D eigenvalue weighted by atomic mass is 16.4. The number of likely N-dealkylation sites (tertiary alicyclic amines) is 1. The molecular formula is C16H24N2O2. The van der Waals surface area contributed by atoms with Crippen molar-refractivity contribution in [3.05, 3.63) is 35.9 Å². The first-order valence-electron chi connectivity index (χ1n) is 7.30. The van der Waals surface area contributed by atoms with Gasteiger partial charge in [-0.3, -0.25) is 14.6 Å². The molecule has 4 nitrogen and oxygen atoms in total. The van der Waals surface area contributed by atoms with Crippen LogP contribution in [0.3, 0.4) is 0 Å². The van der Waals surface area contributed by atoms with Crippen LogP contribution in [0.25, 0.3) is 0 Å². The molecule has 1 fully saturated rings. The Morgan fingerprint density at radius 2 is 2.10 bits per heavy atom. The minimum Gasteiger partial charge on any atom is -0.480 e. The van der Waals surface area contributed by atoms with Crippen LogP contribution in [0.4, 0.5) is 0 Å². The van der Waals surface area contributed by atoms with Crippen LogP contribution in [-0.2, 0) is 11.3 Å². The van der Waals surface area contributed by atoms with Gasteiger partial charge in [-0.2, -0.15) is 0 Å². The van der Waals surface area contributed by atoms with Gasteiger partial charge >= 0.3 is 5.97 Å². The second-order valence-corrected chi connectivity index (χ2v) is 5.82. The van der Waals surface area contributed by atoms with Gasteiger partial charge in [-0.05, 0) is 25.8 Å². The fourth-order valence-electron chi connectivity index (χ4n) is 2.95. The number of carboxylic acid groups (broad SMARTS) is 1. The molecule has 20 heavy (non-hydrogen) atoms. The van der Waals surface area contributed by atoms with Gasteiger partial charge in [0.25, 0.3) is 0 Å². The van der Waals surface area contributed by atoms with Crippen molar-refractivity contribution in [2.45, 2.75) is 38.9 Å². The maximum atomic E-state index is 10.8. The summed E-state index contributed by atoms with van der Waals surface area (Å²) in [7, 11) is 0. The fourth-order valence-corrected chi connectivity index (χ4v) is 2.95. The van der Waals surface area contributed by atoms with Crippen molar-refractivity contribution in [1.82, 2.24) is 9.80 Å². The summed E-state index contributed by atoms with van der Waals surface area (Å²) in [5.41, 5.74) is 1.32. The smallest absolute Gasteiger partial charge is 0.317 e. The maximum absolute atomic E-state index is 10.8. The Bertz CT molecular complexity index is 433. The van der Waals surface area contributed by atoms with E-state index in [0.29, 0.717) is 12.1 Å². The standard InChI is InChI=1S/C16H24N2O2/c1-13(2)18(10-14-6-4-3-5-7-14)15-8-9-17(11-15)12-16(19)20/h3-7,13,15H,8-12H2,1-2H3,(H,19,20). The van der Waals surface area contributed by atoms with Gasteiger partial charge in [0.1, 0.15) is 0 Å². The molecule has 0 aliphatic carbocycles. The molecule has 1 aromatic rings. The lowest BCUT2D eigenvalue weighted by molar-refractivity contribution is -0.138. The zero-order valence-electron chi connectivity index (χ0n) is 12.3. The summed E-state index contributed by atoms with van der Waals surface area (Å²) >= 11 is 0. The second kappa shape index (κ2) is 6.86. The summed E-state index contributed by atoms with van der Waals surface area (Å²) < 4.78 is 0. The highest BCUT2D eigenvalue weighted by molar-refractivity contribution is 5.69. The number of carboxylic acids is 1. The van der Waals surface area contributed by atoms with E-state index in [4.69, 9.17) is 5.11 Å². The third-order valence-corrected chi connectivity index (χ3v) is 3.95. The molecule has 2 rings (SSSR count). The van der Waals surface area contributed by atoms with Crippen molar-refractivity contribution in [2.75, 3.05) is 19.6 Å². The van der Waals surface area contributed by atoms with Crippen LogP contribution in [0.15, 0.2) is 30.3 Å². The molecule has 1 unspecified atom stereocenters. The van der Waals surface area contributed by atoms with Gasteiger partial charge in [0.05, 0.1) is 6.54 Å². The van der Waals surface area contributed by atoms with Crippen LogP contribution in [0, 0.1) is 0 Å². The van der Waals surface area contributed by atoms with Crippen LogP contribution in [-0.4, -0.2) is 52.6 Å². The molecule has 1 atom stereocenters. The molecule has 1 N–H and O–H groups in total. The molecule has 0 radical (unpaired) electrons. The number of carbonyl (C=O) groups is 1. The molecule has 110 valence electrons. The van der Waals surface area contributed by atoms with E-state index in [-0.39, 0.29) is 6.54 Å². The van der Waals surface area contributed by atoms with Gasteiger partial charge in [0.2, 0.25) is 0 Å². The average Bonchev–Trinajstić information content (AvgIpc) is 2.84.